The highest BCUT2D eigenvalue weighted by Gasteiger charge is 2.31. The molecule has 2 aromatic heterocycles. The number of piperidine rings is 1. The normalized spacial score (nSPS) is 18.7. The van der Waals surface area contributed by atoms with E-state index in [0.717, 1.165) is 25.0 Å². The van der Waals surface area contributed by atoms with Crippen molar-refractivity contribution in [2.75, 3.05) is 6.54 Å². The van der Waals surface area contributed by atoms with Crippen molar-refractivity contribution >= 4 is 11.8 Å². The molecule has 7 heteroatoms. The molecule has 7 nitrogen and oxygen atoms in total. The van der Waals surface area contributed by atoms with E-state index in [2.05, 4.69) is 10.2 Å². The summed E-state index contributed by atoms with van der Waals surface area (Å²) in [5, 5.41) is 6.70. The number of nitrogens with zero attached hydrogens (tertiary/aromatic N) is 2. The number of amides is 2. The van der Waals surface area contributed by atoms with Gasteiger partial charge in [-0.05, 0) is 37.5 Å². The van der Waals surface area contributed by atoms with Crippen molar-refractivity contribution < 1.29 is 14.0 Å². The summed E-state index contributed by atoms with van der Waals surface area (Å²) in [6.45, 7) is 0.648. The van der Waals surface area contributed by atoms with Crippen LogP contribution in [0.15, 0.2) is 28.9 Å². The molecule has 0 unspecified atom stereocenters. The number of carbonyl (C=O) groups is 2. The maximum atomic E-state index is 12.5. The highest BCUT2D eigenvalue weighted by atomic mass is 16.3. The molecule has 0 radical (unpaired) electrons. The largest absolute Gasteiger partial charge is 0.459 e. The van der Waals surface area contributed by atoms with E-state index in [1.54, 1.807) is 23.1 Å². The minimum absolute atomic E-state index is 0.142. The fourth-order valence-electron chi connectivity index (χ4n) is 2.67. The van der Waals surface area contributed by atoms with Crippen molar-refractivity contribution in [2.24, 2.45) is 5.73 Å². The lowest BCUT2D eigenvalue weighted by Crippen LogP contribution is -2.38. The standard InChI is InChI=1S/C14H16N4O3/c15-13(19)10-8-9(16-17-10)11-4-1-2-6-18(11)14(20)12-5-3-7-21-12/h3,5,7-8,11H,1-2,4,6H2,(H2,15,19)(H,16,17)/t11-/m1/s1. The van der Waals surface area contributed by atoms with Crippen molar-refractivity contribution in [1.82, 2.24) is 15.1 Å². The van der Waals surface area contributed by atoms with Gasteiger partial charge in [0.15, 0.2) is 5.76 Å². The van der Waals surface area contributed by atoms with Gasteiger partial charge in [0, 0.05) is 6.54 Å². The van der Waals surface area contributed by atoms with Gasteiger partial charge in [-0.1, -0.05) is 0 Å². The van der Waals surface area contributed by atoms with E-state index in [0.29, 0.717) is 12.3 Å². The Labute approximate surface area is 121 Å². The Balaban J connectivity index is 1.87. The summed E-state index contributed by atoms with van der Waals surface area (Å²) < 4.78 is 5.19. The molecule has 3 heterocycles. The van der Waals surface area contributed by atoms with Crippen LogP contribution in [0.1, 0.15) is 52.0 Å². The zero-order valence-corrected chi connectivity index (χ0v) is 11.4. The number of nitrogens with two attached hydrogens (primary N) is 1. The first-order chi connectivity index (χ1) is 10.2. The van der Waals surface area contributed by atoms with Crippen LogP contribution >= 0.6 is 0 Å². The number of likely N-dealkylation sites (tertiary alicyclic amines) is 1. The fraction of sp³-hybridized carbons (Fsp3) is 0.357. The molecule has 21 heavy (non-hydrogen) atoms. The van der Waals surface area contributed by atoms with Crippen molar-refractivity contribution in [2.45, 2.75) is 25.3 Å². The molecular weight excluding hydrogens is 272 g/mol. The van der Waals surface area contributed by atoms with E-state index >= 15 is 0 Å². The minimum Gasteiger partial charge on any atom is -0.459 e. The van der Waals surface area contributed by atoms with Gasteiger partial charge in [-0.3, -0.25) is 14.7 Å². The summed E-state index contributed by atoms with van der Waals surface area (Å²) in [6.07, 6.45) is 4.25. The molecule has 0 bridgehead atoms. The van der Waals surface area contributed by atoms with E-state index < -0.39 is 5.91 Å². The van der Waals surface area contributed by atoms with E-state index in [1.165, 1.54) is 6.26 Å². The van der Waals surface area contributed by atoms with Crippen LogP contribution in [0, 0.1) is 0 Å². The third kappa shape index (κ3) is 2.54. The molecule has 0 saturated carbocycles. The molecule has 1 atom stereocenters. The molecule has 1 aliphatic rings. The average Bonchev–Trinajstić information content (AvgIpc) is 3.18. The summed E-state index contributed by atoms with van der Waals surface area (Å²) in [5.74, 6) is -0.423. The number of hydrogen-bond donors (Lipinski definition) is 2. The van der Waals surface area contributed by atoms with Gasteiger partial charge >= 0.3 is 0 Å². The molecule has 1 saturated heterocycles. The number of nitrogens with one attached hydrogen (secondary N) is 1. The maximum absolute atomic E-state index is 12.5. The quantitative estimate of drug-likeness (QED) is 0.892. The second-order valence-corrected chi connectivity index (χ2v) is 5.06. The van der Waals surface area contributed by atoms with Crippen molar-refractivity contribution in [3.8, 4) is 0 Å². The second-order valence-electron chi connectivity index (χ2n) is 5.06. The zero-order chi connectivity index (χ0) is 14.8. The van der Waals surface area contributed by atoms with Crippen LogP contribution in [0.25, 0.3) is 0 Å². The third-order valence-electron chi connectivity index (χ3n) is 3.70. The van der Waals surface area contributed by atoms with Gasteiger partial charge in [0.2, 0.25) is 0 Å². The molecule has 0 spiro atoms. The van der Waals surface area contributed by atoms with Crippen molar-refractivity contribution in [1.29, 1.82) is 0 Å². The molecule has 3 N–H and O–H groups in total. The Kier molecular flexibility index (Phi) is 3.47. The van der Waals surface area contributed by atoms with Crippen LogP contribution in [0.3, 0.4) is 0 Å². The first-order valence-electron chi connectivity index (χ1n) is 6.86. The molecule has 1 aliphatic heterocycles. The monoisotopic (exact) mass is 288 g/mol. The Hall–Kier alpha value is -2.57. The first kappa shape index (κ1) is 13.4. The molecule has 2 aromatic rings. The molecule has 1 fully saturated rings. The summed E-state index contributed by atoms with van der Waals surface area (Å²) in [7, 11) is 0. The van der Waals surface area contributed by atoms with Crippen LogP contribution in [-0.2, 0) is 0 Å². The SMILES string of the molecule is NC(=O)c1cc([C@H]2CCCCN2C(=O)c2ccco2)[nH]n1. The molecule has 110 valence electrons. The Bertz CT molecular complexity index is 647. The van der Waals surface area contributed by atoms with Gasteiger partial charge in [-0.2, -0.15) is 5.10 Å². The van der Waals surface area contributed by atoms with Gasteiger partial charge in [-0.25, -0.2) is 0 Å². The van der Waals surface area contributed by atoms with Crippen LogP contribution in [0.4, 0.5) is 0 Å². The number of primary amides is 1. The number of aromatic nitrogens is 2. The summed E-state index contributed by atoms with van der Waals surface area (Å²) in [5.41, 5.74) is 6.12. The van der Waals surface area contributed by atoms with Gasteiger partial charge in [-0.15, -0.1) is 0 Å². The van der Waals surface area contributed by atoms with Crippen LogP contribution in [0.2, 0.25) is 0 Å². The number of aromatic amines is 1. The van der Waals surface area contributed by atoms with Crippen LogP contribution in [-0.4, -0.2) is 33.5 Å². The smallest absolute Gasteiger partial charge is 0.290 e. The average molecular weight is 288 g/mol. The second kappa shape index (κ2) is 5.43. The number of rotatable bonds is 3. The lowest BCUT2D eigenvalue weighted by Gasteiger charge is -2.34. The Morgan fingerprint density at radius 2 is 2.29 bits per heavy atom. The molecule has 3 rings (SSSR count). The summed E-state index contributed by atoms with van der Waals surface area (Å²) in [6, 6.07) is 4.81. The zero-order valence-electron chi connectivity index (χ0n) is 11.4. The minimum atomic E-state index is -0.586. The molecule has 2 amide bonds. The van der Waals surface area contributed by atoms with Crippen molar-refractivity contribution in [3.63, 3.8) is 0 Å². The maximum Gasteiger partial charge on any atom is 0.290 e. The van der Waals surface area contributed by atoms with E-state index in [-0.39, 0.29) is 17.6 Å². The van der Waals surface area contributed by atoms with Crippen LogP contribution in [0.5, 0.6) is 0 Å². The predicted octanol–water partition coefficient (Wildman–Crippen LogP) is 1.47. The highest BCUT2D eigenvalue weighted by molar-refractivity contribution is 5.92. The lowest BCUT2D eigenvalue weighted by molar-refractivity contribution is 0.0573. The Morgan fingerprint density at radius 3 is 2.95 bits per heavy atom. The number of H-pyrrole nitrogens is 1. The lowest BCUT2D eigenvalue weighted by atomic mass is 9.98. The van der Waals surface area contributed by atoms with Gasteiger partial charge in [0.25, 0.3) is 11.8 Å². The van der Waals surface area contributed by atoms with Crippen molar-refractivity contribution in [3.05, 3.63) is 41.6 Å². The number of furan rings is 1. The fourth-order valence-corrected chi connectivity index (χ4v) is 2.67. The van der Waals surface area contributed by atoms with E-state index in [1.807, 2.05) is 0 Å². The van der Waals surface area contributed by atoms with E-state index in [4.69, 9.17) is 10.2 Å². The van der Waals surface area contributed by atoms with Gasteiger partial charge in [0.1, 0.15) is 5.69 Å². The molecule has 0 aromatic carbocycles. The van der Waals surface area contributed by atoms with Gasteiger partial charge in [0.05, 0.1) is 18.0 Å². The number of hydrogen-bond acceptors (Lipinski definition) is 4. The molecular formula is C14H16N4O3. The number of carbonyl (C=O) groups excluding carboxylic acids is 2. The van der Waals surface area contributed by atoms with Crippen LogP contribution < -0.4 is 5.73 Å². The first-order valence-corrected chi connectivity index (χ1v) is 6.86. The summed E-state index contributed by atoms with van der Waals surface area (Å²) >= 11 is 0. The predicted molar refractivity (Wildman–Crippen MR) is 73.4 cm³/mol. The molecule has 0 aliphatic carbocycles. The Morgan fingerprint density at radius 1 is 1.43 bits per heavy atom. The highest BCUT2D eigenvalue weighted by Crippen LogP contribution is 2.31. The topological polar surface area (TPSA) is 105 Å². The summed E-state index contributed by atoms with van der Waals surface area (Å²) in [4.78, 5) is 25.4. The van der Waals surface area contributed by atoms with Gasteiger partial charge < -0.3 is 15.1 Å². The third-order valence-corrected chi connectivity index (χ3v) is 3.70. The van der Waals surface area contributed by atoms with E-state index in [9.17, 15) is 9.59 Å².